The number of halogens is 1. The van der Waals surface area contributed by atoms with Crippen LogP contribution in [0.4, 0.5) is 15.8 Å². The fourth-order valence-electron chi connectivity index (χ4n) is 3.67. The summed E-state index contributed by atoms with van der Waals surface area (Å²) in [5.74, 6) is 0.889. The number of carbonyl (C=O) groups is 1. The molecule has 0 aliphatic carbocycles. The maximum Gasteiger partial charge on any atom is 0.238 e. The van der Waals surface area contributed by atoms with E-state index in [1.54, 1.807) is 24.3 Å². The number of rotatable bonds is 6. The highest BCUT2D eigenvalue weighted by Gasteiger charge is 2.22. The van der Waals surface area contributed by atoms with E-state index in [0.717, 1.165) is 31.6 Å². The van der Waals surface area contributed by atoms with E-state index in [1.807, 2.05) is 0 Å². The van der Waals surface area contributed by atoms with Crippen molar-refractivity contribution in [3.63, 3.8) is 0 Å². The number of nitrogens with one attached hydrogen (secondary N) is 2. The number of aliphatic hydroxyl groups is 1. The lowest BCUT2D eigenvalue weighted by molar-refractivity contribution is -0.117. The van der Waals surface area contributed by atoms with E-state index < -0.39 is 0 Å². The zero-order valence-electron chi connectivity index (χ0n) is 16.0. The molecule has 29 heavy (non-hydrogen) atoms. The Balaban J connectivity index is 1.25. The van der Waals surface area contributed by atoms with Crippen LogP contribution in [0.15, 0.2) is 36.4 Å². The summed E-state index contributed by atoms with van der Waals surface area (Å²) in [6.45, 7) is 1.87. The number of ether oxygens (including phenoxy) is 2. The molecule has 1 fully saturated rings. The molecule has 2 aliphatic heterocycles. The average Bonchev–Trinajstić information content (AvgIpc) is 3.18. The van der Waals surface area contributed by atoms with E-state index in [-0.39, 0.29) is 31.2 Å². The molecule has 1 amide bonds. The van der Waals surface area contributed by atoms with Crippen LogP contribution in [0.25, 0.3) is 0 Å². The van der Waals surface area contributed by atoms with E-state index in [0.29, 0.717) is 29.3 Å². The second-order valence-electron chi connectivity index (χ2n) is 7.27. The van der Waals surface area contributed by atoms with Crippen molar-refractivity contribution in [3.8, 4) is 11.5 Å². The average molecular weight is 401 g/mol. The predicted octanol–water partition coefficient (Wildman–Crippen LogP) is 2.56. The van der Waals surface area contributed by atoms with Crippen molar-refractivity contribution in [1.82, 2.24) is 4.90 Å². The number of hydrogen-bond acceptors (Lipinski definition) is 6. The van der Waals surface area contributed by atoms with Gasteiger partial charge >= 0.3 is 0 Å². The van der Waals surface area contributed by atoms with Gasteiger partial charge in [0.25, 0.3) is 0 Å². The highest BCUT2D eigenvalue weighted by Crippen LogP contribution is 2.34. The molecular weight excluding hydrogens is 377 g/mol. The third-order valence-corrected chi connectivity index (χ3v) is 5.21. The molecule has 0 atom stereocenters. The van der Waals surface area contributed by atoms with Gasteiger partial charge in [-0.3, -0.25) is 9.69 Å². The zero-order valence-corrected chi connectivity index (χ0v) is 16.0. The second kappa shape index (κ2) is 8.67. The fraction of sp³-hybridized carbons (Fsp3) is 0.381. The number of anilines is 2. The van der Waals surface area contributed by atoms with Crippen LogP contribution in [0.5, 0.6) is 11.5 Å². The Morgan fingerprint density at radius 1 is 1.14 bits per heavy atom. The molecule has 2 aromatic rings. The molecule has 3 N–H and O–H groups in total. The van der Waals surface area contributed by atoms with Gasteiger partial charge in [0.15, 0.2) is 11.5 Å². The minimum atomic E-state index is -0.358. The van der Waals surface area contributed by atoms with Crippen molar-refractivity contribution in [1.29, 1.82) is 0 Å². The number of piperidine rings is 1. The van der Waals surface area contributed by atoms with Crippen LogP contribution in [0.3, 0.4) is 0 Å². The van der Waals surface area contributed by atoms with Gasteiger partial charge < -0.3 is 25.2 Å². The van der Waals surface area contributed by atoms with Gasteiger partial charge in [0.2, 0.25) is 12.7 Å². The Morgan fingerprint density at radius 2 is 1.93 bits per heavy atom. The lowest BCUT2D eigenvalue weighted by atomic mass is 10.0. The molecule has 0 aromatic heterocycles. The number of amides is 1. The summed E-state index contributed by atoms with van der Waals surface area (Å²) in [6, 6.07) is 9.95. The summed E-state index contributed by atoms with van der Waals surface area (Å²) in [5, 5.41) is 15.7. The quantitative estimate of drug-likeness (QED) is 0.690. The number of benzene rings is 2. The van der Waals surface area contributed by atoms with Gasteiger partial charge in [0.1, 0.15) is 5.82 Å². The van der Waals surface area contributed by atoms with Crippen LogP contribution in [0.2, 0.25) is 0 Å². The monoisotopic (exact) mass is 401 g/mol. The Hall–Kier alpha value is -2.84. The van der Waals surface area contributed by atoms with Crippen LogP contribution in [-0.4, -0.2) is 48.4 Å². The molecule has 4 rings (SSSR count). The lowest BCUT2D eigenvalue weighted by Gasteiger charge is -2.32. The standard InChI is InChI=1S/C21H24FN3O4/c22-15-1-3-18(14(9-15)12-26)23-16-5-7-25(8-6-16)11-21(27)24-17-2-4-19-20(10-17)29-13-28-19/h1-4,9-10,16,23,26H,5-8,11-13H2,(H,24,27). The molecule has 2 aliphatic rings. The van der Waals surface area contributed by atoms with Crippen molar-refractivity contribution in [2.24, 2.45) is 0 Å². The van der Waals surface area contributed by atoms with E-state index in [1.165, 1.54) is 12.1 Å². The number of hydrogen-bond donors (Lipinski definition) is 3. The zero-order chi connectivity index (χ0) is 20.2. The van der Waals surface area contributed by atoms with Crippen LogP contribution < -0.4 is 20.1 Å². The highest BCUT2D eigenvalue weighted by atomic mass is 19.1. The van der Waals surface area contributed by atoms with Gasteiger partial charge in [-0.25, -0.2) is 4.39 Å². The molecule has 0 bridgehead atoms. The first-order chi connectivity index (χ1) is 14.1. The van der Waals surface area contributed by atoms with Gasteiger partial charge in [0.05, 0.1) is 13.2 Å². The molecule has 154 valence electrons. The molecule has 2 aromatic carbocycles. The van der Waals surface area contributed by atoms with Crippen LogP contribution in [0.1, 0.15) is 18.4 Å². The van der Waals surface area contributed by atoms with Crippen LogP contribution >= 0.6 is 0 Å². The molecule has 1 saturated heterocycles. The third-order valence-electron chi connectivity index (χ3n) is 5.21. The maximum atomic E-state index is 13.3. The van der Waals surface area contributed by atoms with Crippen molar-refractivity contribution < 1.29 is 23.8 Å². The Labute approximate surface area is 168 Å². The summed E-state index contributed by atoms with van der Waals surface area (Å²) in [5.41, 5.74) is 1.99. The number of nitrogens with zero attached hydrogens (tertiary/aromatic N) is 1. The number of fused-ring (bicyclic) bond motifs is 1. The van der Waals surface area contributed by atoms with E-state index in [9.17, 15) is 14.3 Å². The number of carbonyl (C=O) groups excluding carboxylic acids is 1. The molecule has 2 heterocycles. The van der Waals surface area contributed by atoms with Gasteiger partial charge in [-0.2, -0.15) is 0 Å². The highest BCUT2D eigenvalue weighted by molar-refractivity contribution is 5.92. The first-order valence-electron chi connectivity index (χ1n) is 9.68. The summed E-state index contributed by atoms with van der Waals surface area (Å²) < 4.78 is 23.9. The predicted molar refractivity (Wildman–Crippen MR) is 107 cm³/mol. The van der Waals surface area contributed by atoms with Gasteiger partial charge in [-0.1, -0.05) is 0 Å². The normalized spacial score (nSPS) is 16.6. The molecule has 8 heteroatoms. The van der Waals surface area contributed by atoms with Crippen LogP contribution in [0, 0.1) is 5.82 Å². The molecular formula is C21H24FN3O4. The van der Waals surface area contributed by atoms with Crippen molar-refractivity contribution in [2.75, 3.05) is 37.1 Å². The van der Waals surface area contributed by atoms with Gasteiger partial charge in [-0.15, -0.1) is 0 Å². The minimum absolute atomic E-state index is 0.0728. The van der Waals surface area contributed by atoms with Gasteiger partial charge in [0, 0.05) is 42.1 Å². The third kappa shape index (κ3) is 4.78. The fourth-order valence-corrected chi connectivity index (χ4v) is 3.67. The largest absolute Gasteiger partial charge is 0.454 e. The summed E-state index contributed by atoms with van der Waals surface area (Å²) in [6.07, 6.45) is 1.72. The first-order valence-corrected chi connectivity index (χ1v) is 9.68. The van der Waals surface area contributed by atoms with Gasteiger partial charge in [-0.05, 0) is 43.2 Å². The Morgan fingerprint density at radius 3 is 2.72 bits per heavy atom. The molecule has 0 radical (unpaired) electrons. The molecule has 0 unspecified atom stereocenters. The number of likely N-dealkylation sites (tertiary alicyclic amines) is 1. The smallest absolute Gasteiger partial charge is 0.238 e. The number of aliphatic hydroxyl groups excluding tert-OH is 1. The summed E-state index contributed by atoms with van der Waals surface area (Å²) >= 11 is 0. The Kier molecular flexibility index (Phi) is 5.82. The van der Waals surface area contributed by atoms with Crippen molar-refractivity contribution >= 4 is 17.3 Å². The van der Waals surface area contributed by atoms with Crippen molar-refractivity contribution in [3.05, 3.63) is 47.8 Å². The van der Waals surface area contributed by atoms with E-state index in [4.69, 9.17) is 9.47 Å². The Bertz CT molecular complexity index is 884. The lowest BCUT2D eigenvalue weighted by Crippen LogP contribution is -2.42. The molecule has 0 saturated carbocycles. The maximum absolute atomic E-state index is 13.3. The SMILES string of the molecule is O=C(CN1CCC(Nc2ccc(F)cc2CO)CC1)Nc1ccc2c(c1)OCO2. The molecule has 7 nitrogen and oxygen atoms in total. The molecule has 0 spiro atoms. The topological polar surface area (TPSA) is 83.1 Å². The van der Waals surface area contributed by atoms with Crippen LogP contribution in [-0.2, 0) is 11.4 Å². The van der Waals surface area contributed by atoms with E-state index in [2.05, 4.69) is 15.5 Å². The minimum Gasteiger partial charge on any atom is -0.454 e. The second-order valence-corrected chi connectivity index (χ2v) is 7.27. The first kappa shape index (κ1) is 19.5. The summed E-state index contributed by atoms with van der Waals surface area (Å²) in [7, 11) is 0. The summed E-state index contributed by atoms with van der Waals surface area (Å²) in [4.78, 5) is 14.5. The van der Waals surface area contributed by atoms with Crippen molar-refractivity contribution in [2.45, 2.75) is 25.5 Å². The van der Waals surface area contributed by atoms with E-state index >= 15 is 0 Å².